The SMILES string of the molecule is Nc1cc(C2CCCC2)nc(Cc2ccc(F)cc2Cl)n1. The lowest BCUT2D eigenvalue weighted by molar-refractivity contribution is 0.627. The van der Waals surface area contributed by atoms with Crippen LogP contribution in [0.25, 0.3) is 0 Å². The molecular weight excluding hydrogens is 289 g/mol. The number of rotatable bonds is 3. The van der Waals surface area contributed by atoms with Gasteiger partial charge in [0.05, 0.1) is 0 Å². The van der Waals surface area contributed by atoms with E-state index in [-0.39, 0.29) is 5.82 Å². The zero-order valence-corrected chi connectivity index (χ0v) is 12.4. The summed E-state index contributed by atoms with van der Waals surface area (Å²) >= 11 is 6.06. The standard InChI is InChI=1S/C16H17ClFN3/c17-13-8-12(18)6-5-11(13)7-16-20-14(9-15(19)21-16)10-3-1-2-4-10/h5-6,8-10H,1-4,7H2,(H2,19,20,21). The van der Waals surface area contributed by atoms with E-state index in [1.807, 2.05) is 6.07 Å². The van der Waals surface area contributed by atoms with E-state index < -0.39 is 0 Å². The lowest BCUT2D eigenvalue weighted by atomic mass is 10.0. The van der Waals surface area contributed by atoms with Crippen molar-refractivity contribution in [1.82, 2.24) is 9.97 Å². The van der Waals surface area contributed by atoms with Crippen molar-refractivity contribution in [1.29, 1.82) is 0 Å². The van der Waals surface area contributed by atoms with E-state index in [2.05, 4.69) is 9.97 Å². The predicted octanol–water partition coefficient (Wildman–Crippen LogP) is 4.10. The maximum Gasteiger partial charge on any atom is 0.135 e. The molecule has 21 heavy (non-hydrogen) atoms. The zero-order chi connectivity index (χ0) is 14.8. The Morgan fingerprint density at radius 2 is 1.95 bits per heavy atom. The van der Waals surface area contributed by atoms with Crippen molar-refractivity contribution in [3.63, 3.8) is 0 Å². The van der Waals surface area contributed by atoms with Crippen LogP contribution in [0.1, 0.15) is 48.7 Å². The molecule has 110 valence electrons. The van der Waals surface area contributed by atoms with Crippen molar-refractivity contribution in [2.75, 3.05) is 5.73 Å². The Morgan fingerprint density at radius 3 is 2.67 bits per heavy atom. The molecule has 0 aliphatic heterocycles. The summed E-state index contributed by atoms with van der Waals surface area (Å²) in [5.41, 5.74) is 7.73. The van der Waals surface area contributed by atoms with Gasteiger partial charge in [-0.1, -0.05) is 30.5 Å². The van der Waals surface area contributed by atoms with Crippen LogP contribution in [0.2, 0.25) is 5.02 Å². The van der Waals surface area contributed by atoms with Crippen LogP contribution < -0.4 is 5.73 Å². The molecule has 1 saturated carbocycles. The van der Waals surface area contributed by atoms with Crippen LogP contribution in [-0.2, 0) is 6.42 Å². The largest absolute Gasteiger partial charge is 0.384 e. The minimum atomic E-state index is -0.344. The van der Waals surface area contributed by atoms with Gasteiger partial charge in [-0.3, -0.25) is 0 Å². The molecule has 1 aliphatic carbocycles. The molecule has 3 nitrogen and oxygen atoms in total. The van der Waals surface area contributed by atoms with Gasteiger partial charge in [0, 0.05) is 29.1 Å². The summed E-state index contributed by atoms with van der Waals surface area (Å²) in [5.74, 6) is 1.27. The molecule has 5 heteroatoms. The van der Waals surface area contributed by atoms with Crippen LogP contribution in [0, 0.1) is 5.82 Å². The van der Waals surface area contributed by atoms with Gasteiger partial charge in [-0.15, -0.1) is 0 Å². The highest BCUT2D eigenvalue weighted by atomic mass is 35.5. The van der Waals surface area contributed by atoms with E-state index >= 15 is 0 Å². The number of benzene rings is 1. The molecule has 1 fully saturated rings. The van der Waals surface area contributed by atoms with Gasteiger partial charge in [-0.25, -0.2) is 14.4 Å². The average molecular weight is 306 g/mol. The molecule has 0 bridgehead atoms. The quantitative estimate of drug-likeness (QED) is 0.929. The smallest absolute Gasteiger partial charge is 0.135 e. The van der Waals surface area contributed by atoms with Gasteiger partial charge in [0.25, 0.3) is 0 Å². The Bertz CT molecular complexity index is 654. The number of nitrogens with zero attached hydrogens (tertiary/aromatic N) is 2. The van der Waals surface area contributed by atoms with Crippen molar-refractivity contribution < 1.29 is 4.39 Å². The van der Waals surface area contributed by atoms with Crippen LogP contribution in [0.4, 0.5) is 10.2 Å². The topological polar surface area (TPSA) is 51.8 Å². The van der Waals surface area contributed by atoms with Crippen molar-refractivity contribution in [2.24, 2.45) is 0 Å². The lowest BCUT2D eigenvalue weighted by Gasteiger charge is -2.11. The second-order valence-corrected chi connectivity index (χ2v) is 5.93. The van der Waals surface area contributed by atoms with Crippen molar-refractivity contribution in [3.8, 4) is 0 Å². The van der Waals surface area contributed by atoms with Crippen LogP contribution in [0.15, 0.2) is 24.3 Å². The molecule has 1 aromatic carbocycles. The molecular formula is C16H17ClFN3. The number of halogens is 2. The normalized spacial score (nSPS) is 15.5. The Balaban J connectivity index is 1.87. The molecule has 0 atom stereocenters. The Labute approximate surface area is 128 Å². The Morgan fingerprint density at radius 1 is 1.19 bits per heavy atom. The summed E-state index contributed by atoms with van der Waals surface area (Å²) in [6, 6.07) is 6.23. The molecule has 1 heterocycles. The highest BCUT2D eigenvalue weighted by Gasteiger charge is 2.19. The lowest BCUT2D eigenvalue weighted by Crippen LogP contribution is -2.06. The first kappa shape index (κ1) is 14.3. The molecule has 1 aromatic heterocycles. The van der Waals surface area contributed by atoms with Gasteiger partial charge in [0.15, 0.2) is 0 Å². The van der Waals surface area contributed by atoms with Gasteiger partial charge in [-0.2, -0.15) is 0 Å². The minimum absolute atomic E-state index is 0.344. The van der Waals surface area contributed by atoms with E-state index in [0.717, 1.165) is 24.1 Å². The highest BCUT2D eigenvalue weighted by molar-refractivity contribution is 6.31. The number of hydrogen-bond acceptors (Lipinski definition) is 3. The van der Waals surface area contributed by atoms with Crippen LogP contribution in [0.5, 0.6) is 0 Å². The fraction of sp³-hybridized carbons (Fsp3) is 0.375. The first-order valence-corrected chi connectivity index (χ1v) is 7.57. The molecule has 0 spiro atoms. The Kier molecular flexibility index (Phi) is 4.06. The summed E-state index contributed by atoms with van der Waals surface area (Å²) in [6.45, 7) is 0. The number of nitrogen functional groups attached to an aromatic ring is 1. The molecule has 2 N–H and O–H groups in total. The predicted molar refractivity (Wildman–Crippen MR) is 81.9 cm³/mol. The van der Waals surface area contributed by atoms with Gasteiger partial charge < -0.3 is 5.73 Å². The third-order valence-corrected chi connectivity index (χ3v) is 4.30. The summed E-state index contributed by atoms with van der Waals surface area (Å²) in [7, 11) is 0. The highest BCUT2D eigenvalue weighted by Crippen LogP contribution is 2.33. The molecule has 1 aliphatic rings. The molecule has 2 aromatic rings. The van der Waals surface area contributed by atoms with Crippen molar-refractivity contribution in [2.45, 2.75) is 38.0 Å². The minimum Gasteiger partial charge on any atom is -0.384 e. The van der Waals surface area contributed by atoms with E-state index in [0.29, 0.717) is 29.0 Å². The maximum atomic E-state index is 13.1. The van der Waals surface area contributed by atoms with Crippen LogP contribution in [-0.4, -0.2) is 9.97 Å². The average Bonchev–Trinajstić information content (AvgIpc) is 2.95. The molecule has 3 rings (SSSR count). The van der Waals surface area contributed by atoms with E-state index in [4.69, 9.17) is 17.3 Å². The van der Waals surface area contributed by atoms with Gasteiger partial charge in [-0.05, 0) is 30.5 Å². The fourth-order valence-corrected chi connectivity index (χ4v) is 3.12. The summed E-state index contributed by atoms with van der Waals surface area (Å²) in [4.78, 5) is 8.91. The Hall–Kier alpha value is -1.68. The van der Waals surface area contributed by atoms with E-state index in [9.17, 15) is 4.39 Å². The molecule has 0 amide bonds. The number of nitrogens with two attached hydrogens (primary N) is 1. The first-order chi connectivity index (χ1) is 10.1. The van der Waals surface area contributed by atoms with Crippen LogP contribution in [0.3, 0.4) is 0 Å². The number of anilines is 1. The molecule has 0 unspecified atom stereocenters. The van der Waals surface area contributed by atoms with Crippen molar-refractivity contribution >= 4 is 17.4 Å². The van der Waals surface area contributed by atoms with E-state index in [1.54, 1.807) is 6.07 Å². The maximum absolute atomic E-state index is 13.1. The molecule has 0 saturated heterocycles. The van der Waals surface area contributed by atoms with Crippen LogP contribution >= 0.6 is 11.6 Å². The monoisotopic (exact) mass is 305 g/mol. The second-order valence-electron chi connectivity index (χ2n) is 5.53. The summed E-state index contributed by atoms with van der Waals surface area (Å²) < 4.78 is 13.1. The van der Waals surface area contributed by atoms with Gasteiger partial charge >= 0.3 is 0 Å². The van der Waals surface area contributed by atoms with Crippen molar-refractivity contribution in [3.05, 3.63) is 52.2 Å². The number of aromatic nitrogens is 2. The third kappa shape index (κ3) is 3.32. The summed E-state index contributed by atoms with van der Waals surface area (Å²) in [5, 5.41) is 0.392. The molecule has 0 radical (unpaired) electrons. The second kappa shape index (κ2) is 5.98. The number of hydrogen-bond donors (Lipinski definition) is 1. The summed E-state index contributed by atoms with van der Waals surface area (Å²) in [6.07, 6.45) is 5.27. The first-order valence-electron chi connectivity index (χ1n) is 7.19. The zero-order valence-electron chi connectivity index (χ0n) is 11.6. The fourth-order valence-electron chi connectivity index (χ4n) is 2.88. The van der Waals surface area contributed by atoms with Gasteiger partial charge in [0.2, 0.25) is 0 Å². The van der Waals surface area contributed by atoms with Gasteiger partial charge in [0.1, 0.15) is 17.5 Å². The third-order valence-electron chi connectivity index (χ3n) is 3.95. The van der Waals surface area contributed by atoms with E-state index in [1.165, 1.54) is 25.0 Å².